The van der Waals surface area contributed by atoms with E-state index >= 15 is 0 Å². The summed E-state index contributed by atoms with van der Waals surface area (Å²) in [6.07, 6.45) is 2.51. The molecular weight excluding hydrogens is 377 g/mol. The normalized spacial score (nSPS) is 14.5. The lowest BCUT2D eigenvalue weighted by atomic mass is 10.1. The van der Waals surface area contributed by atoms with Gasteiger partial charge < -0.3 is 14.2 Å². The van der Waals surface area contributed by atoms with Crippen molar-refractivity contribution in [2.24, 2.45) is 4.99 Å². The molecule has 0 fully saturated rings. The van der Waals surface area contributed by atoms with Gasteiger partial charge in [-0.3, -0.25) is 4.79 Å². The fraction of sp³-hybridized carbons (Fsp3) is 0.227. The first-order chi connectivity index (χ1) is 14.0. The zero-order valence-electron chi connectivity index (χ0n) is 16.1. The number of aliphatic imine (C=N–C) groups is 1. The van der Waals surface area contributed by atoms with E-state index in [4.69, 9.17) is 14.2 Å². The largest absolute Gasteiger partial charge is 0.490 e. The van der Waals surface area contributed by atoms with Gasteiger partial charge in [-0.2, -0.15) is 0 Å². The minimum absolute atomic E-state index is 0.0379. The molecule has 6 nitrogen and oxygen atoms in total. The topological polar surface area (TPSA) is 74.2 Å². The lowest BCUT2D eigenvalue weighted by molar-refractivity contribution is -0.134. The van der Waals surface area contributed by atoms with Crippen LogP contribution in [0.25, 0.3) is 6.08 Å². The fourth-order valence-electron chi connectivity index (χ4n) is 2.66. The van der Waals surface area contributed by atoms with Gasteiger partial charge in [0, 0.05) is 12.0 Å². The minimum Gasteiger partial charge on any atom is -0.490 e. The predicted octanol–water partition coefficient (Wildman–Crippen LogP) is 4.27. The van der Waals surface area contributed by atoms with Crippen LogP contribution in [0.5, 0.6) is 11.5 Å². The molecule has 0 amide bonds. The van der Waals surface area contributed by atoms with E-state index in [0.29, 0.717) is 42.1 Å². The van der Waals surface area contributed by atoms with Crippen molar-refractivity contribution in [3.8, 4) is 11.5 Å². The Morgan fingerprint density at radius 1 is 1.17 bits per heavy atom. The molecule has 0 atom stereocenters. The summed E-state index contributed by atoms with van der Waals surface area (Å²) in [4.78, 5) is 28.1. The van der Waals surface area contributed by atoms with E-state index in [1.54, 1.807) is 24.3 Å². The molecule has 0 aromatic heterocycles. The van der Waals surface area contributed by atoms with Gasteiger partial charge in [0.2, 0.25) is 5.90 Å². The van der Waals surface area contributed by atoms with Gasteiger partial charge in [-0.15, -0.1) is 0 Å². The SMILES string of the molecule is CCCC(=O)Oc1ccc(/C=C2\N=C(c3cccc(F)c3)OC2=O)cc1OCC. The number of carbonyl (C=O) groups excluding carboxylic acids is 2. The molecule has 7 heteroatoms. The van der Waals surface area contributed by atoms with Crippen molar-refractivity contribution in [3.05, 3.63) is 65.1 Å². The molecule has 0 aliphatic carbocycles. The van der Waals surface area contributed by atoms with Crippen LogP contribution in [0.15, 0.2) is 53.2 Å². The molecule has 2 aromatic rings. The third-order valence-corrected chi connectivity index (χ3v) is 3.94. The summed E-state index contributed by atoms with van der Waals surface area (Å²) in [6.45, 7) is 4.08. The van der Waals surface area contributed by atoms with E-state index in [-0.39, 0.29) is 17.6 Å². The number of hydrogen-bond donors (Lipinski definition) is 0. The molecule has 2 aromatic carbocycles. The van der Waals surface area contributed by atoms with Gasteiger partial charge in [-0.1, -0.05) is 19.1 Å². The zero-order valence-corrected chi connectivity index (χ0v) is 16.1. The Morgan fingerprint density at radius 3 is 2.72 bits per heavy atom. The first kappa shape index (κ1) is 20.3. The maximum Gasteiger partial charge on any atom is 0.363 e. The van der Waals surface area contributed by atoms with E-state index in [9.17, 15) is 14.0 Å². The third-order valence-electron chi connectivity index (χ3n) is 3.94. The standard InChI is InChI=1S/C22H20FNO5/c1-3-6-20(25)28-18-10-9-14(12-19(18)27-4-2)11-17-22(26)29-21(24-17)15-7-5-8-16(23)13-15/h5,7-13H,3-4,6H2,1-2H3/b17-11-. The van der Waals surface area contributed by atoms with E-state index in [1.807, 2.05) is 13.8 Å². The quantitative estimate of drug-likeness (QED) is 0.396. The van der Waals surface area contributed by atoms with E-state index < -0.39 is 11.8 Å². The number of esters is 2. The molecule has 0 bridgehead atoms. The van der Waals surface area contributed by atoms with Crippen LogP contribution in [0.3, 0.4) is 0 Å². The number of benzene rings is 2. The van der Waals surface area contributed by atoms with Gasteiger partial charge in [0.15, 0.2) is 17.2 Å². The molecule has 150 valence electrons. The lowest BCUT2D eigenvalue weighted by Gasteiger charge is -2.11. The second-order valence-electron chi connectivity index (χ2n) is 6.21. The highest BCUT2D eigenvalue weighted by molar-refractivity contribution is 6.12. The molecule has 0 radical (unpaired) electrons. The molecule has 29 heavy (non-hydrogen) atoms. The molecule has 0 saturated carbocycles. The Morgan fingerprint density at radius 2 is 2.00 bits per heavy atom. The highest BCUT2D eigenvalue weighted by atomic mass is 19.1. The van der Waals surface area contributed by atoms with Crippen molar-refractivity contribution >= 4 is 23.9 Å². The summed E-state index contributed by atoms with van der Waals surface area (Å²) >= 11 is 0. The number of nitrogens with zero attached hydrogens (tertiary/aromatic N) is 1. The average Bonchev–Trinajstić information content (AvgIpc) is 3.05. The first-order valence-electron chi connectivity index (χ1n) is 9.26. The van der Waals surface area contributed by atoms with Crippen molar-refractivity contribution in [2.45, 2.75) is 26.7 Å². The monoisotopic (exact) mass is 397 g/mol. The number of halogens is 1. The van der Waals surface area contributed by atoms with Crippen LogP contribution in [0.1, 0.15) is 37.8 Å². The molecule has 1 aliphatic rings. The van der Waals surface area contributed by atoms with Crippen LogP contribution < -0.4 is 9.47 Å². The number of ether oxygens (including phenoxy) is 3. The van der Waals surface area contributed by atoms with Gasteiger partial charge in [0.1, 0.15) is 5.82 Å². The Balaban J connectivity index is 1.88. The highest BCUT2D eigenvalue weighted by Crippen LogP contribution is 2.30. The molecule has 0 spiro atoms. The van der Waals surface area contributed by atoms with E-state index in [2.05, 4.69) is 4.99 Å². The van der Waals surface area contributed by atoms with Crippen LogP contribution in [0.2, 0.25) is 0 Å². The maximum atomic E-state index is 13.4. The van der Waals surface area contributed by atoms with E-state index in [1.165, 1.54) is 24.3 Å². The number of carbonyl (C=O) groups is 2. The molecule has 0 saturated heterocycles. The van der Waals surface area contributed by atoms with Gasteiger partial charge in [-0.25, -0.2) is 14.2 Å². The van der Waals surface area contributed by atoms with Gasteiger partial charge >= 0.3 is 11.9 Å². The van der Waals surface area contributed by atoms with Crippen LogP contribution >= 0.6 is 0 Å². The van der Waals surface area contributed by atoms with Crippen molar-refractivity contribution < 1.29 is 28.2 Å². The van der Waals surface area contributed by atoms with E-state index in [0.717, 1.165) is 0 Å². The Labute approximate surface area is 167 Å². The number of hydrogen-bond acceptors (Lipinski definition) is 6. The first-order valence-corrected chi connectivity index (χ1v) is 9.26. The fourth-order valence-corrected chi connectivity index (χ4v) is 2.66. The number of cyclic esters (lactones) is 1. The summed E-state index contributed by atoms with van der Waals surface area (Å²) in [5.74, 6) is -0.703. The Kier molecular flexibility index (Phi) is 6.39. The van der Waals surface area contributed by atoms with Crippen molar-refractivity contribution in [3.63, 3.8) is 0 Å². The van der Waals surface area contributed by atoms with Crippen molar-refractivity contribution in [1.82, 2.24) is 0 Å². The van der Waals surface area contributed by atoms with Crippen LogP contribution in [-0.2, 0) is 14.3 Å². The second-order valence-corrected chi connectivity index (χ2v) is 6.21. The Hall–Kier alpha value is -3.48. The van der Waals surface area contributed by atoms with Crippen LogP contribution in [-0.4, -0.2) is 24.4 Å². The van der Waals surface area contributed by atoms with Crippen LogP contribution in [0, 0.1) is 5.82 Å². The average molecular weight is 397 g/mol. The van der Waals surface area contributed by atoms with Crippen molar-refractivity contribution in [2.75, 3.05) is 6.61 Å². The maximum absolute atomic E-state index is 13.4. The van der Waals surface area contributed by atoms with Gasteiger partial charge in [0.05, 0.1) is 6.61 Å². The predicted molar refractivity (Wildman–Crippen MR) is 105 cm³/mol. The molecular formula is C22H20FNO5. The molecule has 1 heterocycles. The lowest BCUT2D eigenvalue weighted by Crippen LogP contribution is -2.08. The second kappa shape index (κ2) is 9.14. The van der Waals surface area contributed by atoms with Crippen LogP contribution in [0.4, 0.5) is 4.39 Å². The molecule has 0 unspecified atom stereocenters. The third kappa shape index (κ3) is 5.07. The smallest absolute Gasteiger partial charge is 0.363 e. The van der Waals surface area contributed by atoms with Gasteiger partial charge in [0.25, 0.3) is 0 Å². The summed E-state index contributed by atoms with van der Waals surface area (Å²) in [7, 11) is 0. The molecule has 3 rings (SSSR count). The zero-order chi connectivity index (χ0) is 20.8. The summed E-state index contributed by atoms with van der Waals surface area (Å²) in [6, 6.07) is 10.6. The summed E-state index contributed by atoms with van der Waals surface area (Å²) < 4.78 is 29.4. The highest BCUT2D eigenvalue weighted by Gasteiger charge is 2.24. The summed E-state index contributed by atoms with van der Waals surface area (Å²) in [5.41, 5.74) is 1.05. The summed E-state index contributed by atoms with van der Waals surface area (Å²) in [5, 5.41) is 0. The number of rotatable bonds is 7. The molecule has 0 N–H and O–H groups in total. The Bertz CT molecular complexity index is 996. The minimum atomic E-state index is -0.638. The van der Waals surface area contributed by atoms with Gasteiger partial charge in [-0.05, 0) is 55.3 Å². The van der Waals surface area contributed by atoms with Crippen molar-refractivity contribution in [1.29, 1.82) is 0 Å². The molecule has 1 aliphatic heterocycles.